The minimum absolute atomic E-state index is 1.04. The van der Waals surface area contributed by atoms with Crippen LogP contribution in [0, 0.1) is 0 Å². The van der Waals surface area contributed by atoms with Gasteiger partial charge in [0.25, 0.3) is 0 Å². The molecule has 4 heteroatoms. The highest BCUT2D eigenvalue weighted by atomic mass is 79.9. The van der Waals surface area contributed by atoms with Crippen molar-refractivity contribution in [2.45, 2.75) is 12.8 Å². The molecule has 0 radical (unpaired) electrons. The molecule has 0 atom stereocenters. The first-order chi connectivity index (χ1) is 4.84. The Labute approximate surface area is 76.7 Å². The summed E-state index contributed by atoms with van der Waals surface area (Å²) in [6.07, 6.45) is 3.97. The Morgan fingerprint density at radius 3 is 2.90 bits per heavy atom. The molecule has 2 nitrogen and oxygen atoms in total. The van der Waals surface area contributed by atoms with Crippen LogP contribution in [0.1, 0.15) is 12.1 Å². The maximum Gasteiger partial charge on any atom is 0.0632 e. The maximum absolute atomic E-state index is 3.89. The maximum atomic E-state index is 3.89. The SMILES string of the molecule is BrCCCc1[nH]ncc1Br. The summed E-state index contributed by atoms with van der Waals surface area (Å²) in [5, 5.41) is 7.85. The molecular weight excluding hydrogens is 260 g/mol. The minimum atomic E-state index is 1.04. The number of aryl methyl sites for hydroxylation is 1. The smallest absolute Gasteiger partial charge is 0.0632 e. The number of halogens is 2. The van der Waals surface area contributed by atoms with Gasteiger partial charge in [0.1, 0.15) is 0 Å². The fraction of sp³-hybridized carbons (Fsp3) is 0.500. The third kappa shape index (κ3) is 2.09. The number of nitrogens with zero attached hydrogens (tertiary/aromatic N) is 1. The number of nitrogens with one attached hydrogen (secondary N) is 1. The van der Waals surface area contributed by atoms with Gasteiger partial charge in [-0.3, -0.25) is 5.10 Å². The normalized spacial score (nSPS) is 10.2. The average molecular weight is 268 g/mol. The van der Waals surface area contributed by atoms with Crippen LogP contribution in [-0.4, -0.2) is 15.5 Å². The van der Waals surface area contributed by atoms with Crippen LogP contribution in [0.2, 0.25) is 0 Å². The van der Waals surface area contributed by atoms with Crippen molar-refractivity contribution in [1.82, 2.24) is 10.2 Å². The molecule has 0 aliphatic heterocycles. The second-order valence-electron chi connectivity index (χ2n) is 1.99. The van der Waals surface area contributed by atoms with Crippen molar-refractivity contribution in [3.8, 4) is 0 Å². The van der Waals surface area contributed by atoms with E-state index in [1.165, 1.54) is 5.69 Å². The topological polar surface area (TPSA) is 28.7 Å². The molecule has 56 valence electrons. The van der Waals surface area contributed by atoms with Gasteiger partial charge in [-0.1, -0.05) is 15.9 Å². The first-order valence-corrected chi connectivity index (χ1v) is 4.99. The first kappa shape index (κ1) is 8.27. The summed E-state index contributed by atoms with van der Waals surface area (Å²) in [5.41, 5.74) is 1.18. The Hall–Kier alpha value is 0.170. The van der Waals surface area contributed by atoms with Gasteiger partial charge >= 0.3 is 0 Å². The fourth-order valence-electron chi connectivity index (χ4n) is 0.717. The fourth-order valence-corrected chi connectivity index (χ4v) is 1.39. The molecule has 0 unspecified atom stereocenters. The molecule has 1 N–H and O–H groups in total. The lowest BCUT2D eigenvalue weighted by Crippen LogP contribution is -1.86. The molecule has 0 saturated carbocycles. The van der Waals surface area contributed by atoms with Gasteiger partial charge in [0.15, 0.2) is 0 Å². The Kier molecular flexibility index (Phi) is 3.42. The van der Waals surface area contributed by atoms with Crippen LogP contribution >= 0.6 is 31.9 Å². The standard InChI is InChI=1S/C6H8Br2N2/c7-3-1-2-6-5(8)4-9-10-6/h4H,1-3H2,(H,9,10). The summed E-state index contributed by atoms with van der Waals surface area (Å²) in [6.45, 7) is 0. The summed E-state index contributed by atoms with van der Waals surface area (Å²) in [4.78, 5) is 0. The van der Waals surface area contributed by atoms with Gasteiger partial charge in [-0.05, 0) is 28.8 Å². The van der Waals surface area contributed by atoms with Gasteiger partial charge in [0, 0.05) is 11.0 Å². The number of hydrogen-bond acceptors (Lipinski definition) is 1. The van der Waals surface area contributed by atoms with E-state index < -0.39 is 0 Å². The van der Waals surface area contributed by atoms with Gasteiger partial charge in [-0.25, -0.2) is 0 Å². The van der Waals surface area contributed by atoms with Crippen molar-refractivity contribution in [2.75, 3.05) is 5.33 Å². The lowest BCUT2D eigenvalue weighted by molar-refractivity contribution is 0.875. The minimum Gasteiger partial charge on any atom is -0.281 e. The number of hydrogen-bond donors (Lipinski definition) is 1. The highest BCUT2D eigenvalue weighted by Crippen LogP contribution is 2.14. The van der Waals surface area contributed by atoms with E-state index in [1.54, 1.807) is 6.20 Å². The zero-order chi connectivity index (χ0) is 7.40. The van der Waals surface area contributed by atoms with Crippen LogP contribution in [0.5, 0.6) is 0 Å². The van der Waals surface area contributed by atoms with Crippen LogP contribution in [0.4, 0.5) is 0 Å². The largest absolute Gasteiger partial charge is 0.281 e. The molecule has 10 heavy (non-hydrogen) atoms. The van der Waals surface area contributed by atoms with Crippen molar-refractivity contribution in [2.24, 2.45) is 0 Å². The first-order valence-electron chi connectivity index (χ1n) is 3.08. The molecule has 0 amide bonds. The van der Waals surface area contributed by atoms with Gasteiger partial charge in [0.05, 0.1) is 10.7 Å². The molecule has 1 rings (SSSR count). The molecule has 1 aromatic rings. The third-order valence-electron chi connectivity index (χ3n) is 1.23. The summed E-state index contributed by atoms with van der Waals surface area (Å²) in [5.74, 6) is 0. The molecule has 1 heterocycles. The van der Waals surface area contributed by atoms with Crippen LogP contribution < -0.4 is 0 Å². The lowest BCUT2D eigenvalue weighted by Gasteiger charge is -1.92. The summed E-state index contributed by atoms with van der Waals surface area (Å²) < 4.78 is 1.08. The Morgan fingerprint density at radius 1 is 1.60 bits per heavy atom. The van der Waals surface area contributed by atoms with E-state index in [9.17, 15) is 0 Å². The van der Waals surface area contributed by atoms with Crippen molar-refractivity contribution in [3.05, 3.63) is 16.4 Å². The van der Waals surface area contributed by atoms with Crippen molar-refractivity contribution < 1.29 is 0 Å². The molecular formula is C6H8Br2N2. The number of rotatable bonds is 3. The molecule has 0 aliphatic rings. The average Bonchev–Trinajstić information content (AvgIpc) is 2.31. The Morgan fingerprint density at radius 2 is 2.40 bits per heavy atom. The van der Waals surface area contributed by atoms with Gasteiger partial charge in [-0.2, -0.15) is 5.10 Å². The second kappa shape index (κ2) is 4.13. The van der Waals surface area contributed by atoms with E-state index in [2.05, 4.69) is 42.1 Å². The summed E-state index contributed by atoms with van der Waals surface area (Å²) in [6, 6.07) is 0. The van der Waals surface area contributed by atoms with Crippen LogP contribution in [0.3, 0.4) is 0 Å². The van der Waals surface area contributed by atoms with Gasteiger partial charge in [-0.15, -0.1) is 0 Å². The van der Waals surface area contributed by atoms with Crippen molar-refractivity contribution in [1.29, 1.82) is 0 Å². The van der Waals surface area contributed by atoms with E-state index in [1.807, 2.05) is 0 Å². The molecule has 0 bridgehead atoms. The quantitative estimate of drug-likeness (QED) is 0.838. The summed E-state index contributed by atoms with van der Waals surface area (Å²) in [7, 11) is 0. The zero-order valence-electron chi connectivity index (χ0n) is 5.40. The molecule has 0 aromatic carbocycles. The molecule has 0 aliphatic carbocycles. The molecule has 1 aromatic heterocycles. The third-order valence-corrected chi connectivity index (χ3v) is 2.47. The predicted molar refractivity (Wildman–Crippen MR) is 48.4 cm³/mol. The van der Waals surface area contributed by atoms with E-state index >= 15 is 0 Å². The van der Waals surface area contributed by atoms with Crippen molar-refractivity contribution in [3.63, 3.8) is 0 Å². The number of H-pyrrole nitrogens is 1. The zero-order valence-corrected chi connectivity index (χ0v) is 8.57. The van der Waals surface area contributed by atoms with Gasteiger partial charge in [0.2, 0.25) is 0 Å². The predicted octanol–water partition coefficient (Wildman–Crippen LogP) is 2.50. The number of alkyl halides is 1. The Bertz CT molecular complexity index is 197. The molecule has 0 spiro atoms. The van der Waals surface area contributed by atoms with E-state index in [0.29, 0.717) is 0 Å². The van der Waals surface area contributed by atoms with Crippen molar-refractivity contribution >= 4 is 31.9 Å². The van der Waals surface area contributed by atoms with E-state index in [-0.39, 0.29) is 0 Å². The Balaban J connectivity index is 2.49. The van der Waals surface area contributed by atoms with Crippen LogP contribution in [-0.2, 0) is 6.42 Å². The summed E-state index contributed by atoms with van der Waals surface area (Å²) >= 11 is 6.76. The molecule has 0 saturated heterocycles. The lowest BCUT2D eigenvalue weighted by atomic mass is 10.3. The monoisotopic (exact) mass is 266 g/mol. The highest BCUT2D eigenvalue weighted by Gasteiger charge is 1.99. The number of aromatic amines is 1. The van der Waals surface area contributed by atoms with Gasteiger partial charge < -0.3 is 0 Å². The van der Waals surface area contributed by atoms with E-state index in [0.717, 1.165) is 22.6 Å². The highest BCUT2D eigenvalue weighted by molar-refractivity contribution is 9.10. The second-order valence-corrected chi connectivity index (χ2v) is 3.64. The van der Waals surface area contributed by atoms with E-state index in [4.69, 9.17) is 0 Å². The molecule has 0 fully saturated rings. The van der Waals surface area contributed by atoms with Crippen LogP contribution in [0.15, 0.2) is 10.7 Å². The number of aromatic nitrogens is 2. The van der Waals surface area contributed by atoms with Crippen LogP contribution in [0.25, 0.3) is 0 Å².